The third-order valence-corrected chi connectivity index (χ3v) is 4.95. The predicted molar refractivity (Wildman–Crippen MR) is 72.2 cm³/mol. The van der Waals surface area contributed by atoms with Crippen molar-refractivity contribution in [3.63, 3.8) is 0 Å². The Kier molecular flexibility index (Phi) is 4.87. The highest BCUT2D eigenvalue weighted by Crippen LogP contribution is 2.35. The second-order valence-electron chi connectivity index (χ2n) is 6.13. The molecule has 0 saturated heterocycles. The average Bonchev–Trinajstić information content (AvgIpc) is 2.31. The van der Waals surface area contributed by atoms with Crippen molar-refractivity contribution in [1.29, 1.82) is 0 Å². The van der Waals surface area contributed by atoms with Gasteiger partial charge in [0.15, 0.2) is 0 Å². The Hall–Kier alpha value is -0.0800. The fourth-order valence-corrected chi connectivity index (χ4v) is 3.42. The Morgan fingerprint density at radius 3 is 2.35 bits per heavy atom. The van der Waals surface area contributed by atoms with Gasteiger partial charge in [0.1, 0.15) is 0 Å². The zero-order chi connectivity index (χ0) is 12.1. The van der Waals surface area contributed by atoms with Gasteiger partial charge in [0, 0.05) is 19.7 Å². The molecule has 2 aliphatic carbocycles. The third kappa shape index (κ3) is 3.45. The largest absolute Gasteiger partial charge is 0.377 e. The smallest absolute Gasteiger partial charge is 0.0802 e. The van der Waals surface area contributed by atoms with Gasteiger partial charge in [-0.1, -0.05) is 19.8 Å². The van der Waals surface area contributed by atoms with Crippen LogP contribution in [0.25, 0.3) is 0 Å². The molecule has 0 amide bonds. The molecule has 0 aromatic carbocycles. The van der Waals surface area contributed by atoms with E-state index in [9.17, 15) is 0 Å². The lowest BCUT2D eigenvalue weighted by molar-refractivity contribution is -0.0715. The summed E-state index contributed by atoms with van der Waals surface area (Å²) in [6.07, 6.45) is 12.3. The monoisotopic (exact) mass is 239 g/mol. The second-order valence-corrected chi connectivity index (χ2v) is 6.13. The van der Waals surface area contributed by atoms with Crippen molar-refractivity contribution >= 4 is 0 Å². The van der Waals surface area contributed by atoms with Crippen LogP contribution in [0.15, 0.2) is 0 Å². The van der Waals surface area contributed by atoms with E-state index in [0.717, 1.165) is 18.5 Å². The average molecular weight is 239 g/mol. The molecular weight excluding hydrogens is 210 g/mol. The zero-order valence-electron chi connectivity index (χ0n) is 11.6. The lowest BCUT2D eigenvalue weighted by Gasteiger charge is -2.42. The summed E-state index contributed by atoms with van der Waals surface area (Å²) >= 11 is 0. The second kappa shape index (κ2) is 6.19. The van der Waals surface area contributed by atoms with Crippen molar-refractivity contribution in [1.82, 2.24) is 5.32 Å². The fraction of sp³-hybridized carbons (Fsp3) is 1.00. The summed E-state index contributed by atoms with van der Waals surface area (Å²) in [5, 5.41) is 3.75. The molecule has 0 heterocycles. The Labute approximate surface area is 107 Å². The normalized spacial score (nSPS) is 32.1. The summed E-state index contributed by atoms with van der Waals surface area (Å²) in [5.41, 5.74) is 0.195. The summed E-state index contributed by atoms with van der Waals surface area (Å²) in [6, 6.07) is 0.760. The van der Waals surface area contributed by atoms with Crippen molar-refractivity contribution in [2.75, 3.05) is 13.7 Å². The molecule has 1 N–H and O–H groups in total. The molecule has 2 nitrogen and oxygen atoms in total. The van der Waals surface area contributed by atoms with Gasteiger partial charge in [-0.25, -0.2) is 0 Å². The van der Waals surface area contributed by atoms with Gasteiger partial charge >= 0.3 is 0 Å². The van der Waals surface area contributed by atoms with Crippen LogP contribution in [0.2, 0.25) is 0 Å². The van der Waals surface area contributed by atoms with Crippen LogP contribution in [0.4, 0.5) is 0 Å². The van der Waals surface area contributed by atoms with Crippen molar-refractivity contribution < 1.29 is 4.74 Å². The van der Waals surface area contributed by atoms with Crippen molar-refractivity contribution in [3.8, 4) is 0 Å². The van der Waals surface area contributed by atoms with E-state index in [1.165, 1.54) is 57.8 Å². The highest BCUT2D eigenvalue weighted by Gasteiger charge is 2.37. The molecule has 0 aromatic heterocycles. The summed E-state index contributed by atoms with van der Waals surface area (Å²) in [4.78, 5) is 0. The number of nitrogens with one attached hydrogen (secondary N) is 1. The molecule has 0 unspecified atom stereocenters. The van der Waals surface area contributed by atoms with E-state index in [-0.39, 0.29) is 5.60 Å². The maximum Gasteiger partial charge on any atom is 0.0802 e. The van der Waals surface area contributed by atoms with Crippen LogP contribution in [0.3, 0.4) is 0 Å². The minimum atomic E-state index is 0.195. The van der Waals surface area contributed by atoms with Gasteiger partial charge in [-0.3, -0.25) is 0 Å². The van der Waals surface area contributed by atoms with Crippen LogP contribution < -0.4 is 5.32 Å². The summed E-state index contributed by atoms with van der Waals surface area (Å²) in [7, 11) is 1.87. The highest BCUT2D eigenvalue weighted by atomic mass is 16.5. The molecule has 100 valence electrons. The molecule has 2 rings (SSSR count). The summed E-state index contributed by atoms with van der Waals surface area (Å²) < 4.78 is 5.66. The van der Waals surface area contributed by atoms with E-state index in [0.29, 0.717) is 0 Å². The number of methoxy groups -OCH3 is 1. The van der Waals surface area contributed by atoms with E-state index < -0.39 is 0 Å². The van der Waals surface area contributed by atoms with Gasteiger partial charge in [-0.15, -0.1) is 0 Å². The molecule has 0 bridgehead atoms. The summed E-state index contributed by atoms with van der Waals surface area (Å²) in [5.74, 6) is 1.01. The van der Waals surface area contributed by atoms with Crippen molar-refractivity contribution in [3.05, 3.63) is 0 Å². The van der Waals surface area contributed by atoms with Crippen LogP contribution in [-0.2, 0) is 4.74 Å². The Balaban J connectivity index is 1.64. The lowest BCUT2D eigenvalue weighted by Crippen LogP contribution is -2.50. The van der Waals surface area contributed by atoms with Gasteiger partial charge in [0.05, 0.1) is 5.60 Å². The molecule has 0 atom stereocenters. The Bertz CT molecular complexity index is 211. The molecule has 0 radical (unpaired) electrons. The number of rotatable bonds is 6. The molecule has 2 fully saturated rings. The molecule has 2 heteroatoms. The Morgan fingerprint density at radius 1 is 1.18 bits per heavy atom. The zero-order valence-corrected chi connectivity index (χ0v) is 11.6. The molecule has 0 spiro atoms. The fourth-order valence-electron chi connectivity index (χ4n) is 3.42. The topological polar surface area (TPSA) is 21.3 Å². The Morgan fingerprint density at radius 2 is 1.88 bits per heavy atom. The first-order chi connectivity index (χ1) is 8.28. The van der Waals surface area contributed by atoms with Gasteiger partial charge in [0.25, 0.3) is 0 Å². The predicted octanol–water partition coefficient (Wildman–Crippen LogP) is 3.50. The first-order valence-electron chi connectivity index (χ1n) is 7.56. The van der Waals surface area contributed by atoms with E-state index in [1.807, 2.05) is 7.11 Å². The molecule has 0 aliphatic heterocycles. The van der Waals surface area contributed by atoms with Crippen LogP contribution in [0.1, 0.15) is 64.7 Å². The van der Waals surface area contributed by atoms with Crippen LogP contribution in [0.5, 0.6) is 0 Å². The standard InChI is InChI=1S/C15H29NO/c1-3-5-13-6-8-14(9-7-13)16-12-15(17-2)10-4-11-15/h13-14,16H,3-12H2,1-2H3. The molecule has 2 aliphatic rings. The number of hydrogen-bond donors (Lipinski definition) is 1. The maximum atomic E-state index is 5.66. The molecule has 0 aromatic rings. The quantitative estimate of drug-likeness (QED) is 0.766. The molecular formula is C15H29NO. The van der Waals surface area contributed by atoms with Gasteiger partial charge < -0.3 is 10.1 Å². The minimum Gasteiger partial charge on any atom is -0.377 e. The maximum absolute atomic E-state index is 5.66. The SMILES string of the molecule is CCCC1CCC(NCC2(OC)CCC2)CC1. The molecule has 17 heavy (non-hydrogen) atoms. The summed E-state index contributed by atoms with van der Waals surface area (Å²) in [6.45, 7) is 3.38. The van der Waals surface area contributed by atoms with E-state index in [4.69, 9.17) is 4.74 Å². The van der Waals surface area contributed by atoms with E-state index in [2.05, 4.69) is 12.2 Å². The first kappa shape index (κ1) is 13.4. The lowest BCUT2D eigenvalue weighted by atomic mass is 9.79. The number of hydrogen-bond acceptors (Lipinski definition) is 2. The van der Waals surface area contributed by atoms with Gasteiger partial charge in [-0.2, -0.15) is 0 Å². The number of ether oxygens (including phenoxy) is 1. The highest BCUT2D eigenvalue weighted by molar-refractivity contribution is 4.92. The van der Waals surface area contributed by atoms with E-state index in [1.54, 1.807) is 0 Å². The third-order valence-electron chi connectivity index (χ3n) is 4.95. The van der Waals surface area contributed by atoms with Crippen molar-refractivity contribution in [2.24, 2.45) is 5.92 Å². The molecule has 2 saturated carbocycles. The van der Waals surface area contributed by atoms with Gasteiger partial charge in [-0.05, 0) is 50.9 Å². The first-order valence-corrected chi connectivity index (χ1v) is 7.56. The van der Waals surface area contributed by atoms with Crippen LogP contribution in [0, 0.1) is 5.92 Å². The van der Waals surface area contributed by atoms with Gasteiger partial charge in [0.2, 0.25) is 0 Å². The van der Waals surface area contributed by atoms with Crippen molar-refractivity contribution in [2.45, 2.75) is 76.4 Å². The van der Waals surface area contributed by atoms with Crippen LogP contribution >= 0.6 is 0 Å². The van der Waals surface area contributed by atoms with E-state index >= 15 is 0 Å². The van der Waals surface area contributed by atoms with Crippen LogP contribution in [-0.4, -0.2) is 25.3 Å². The minimum absolute atomic E-state index is 0.195.